The van der Waals surface area contributed by atoms with Gasteiger partial charge in [0.05, 0.1) is 24.7 Å². The van der Waals surface area contributed by atoms with E-state index in [9.17, 15) is 0 Å². The maximum atomic E-state index is 5.47. The third-order valence-electron chi connectivity index (χ3n) is 2.24. The standard InChI is InChI=1S/C9H14N4O/c10-8-4-12-9(13-5-8)11-3-7-1-2-14-6-7/h4-5,7H,1-3,6,10H2,(H,11,12,13). The van der Waals surface area contributed by atoms with Gasteiger partial charge in [-0.2, -0.15) is 0 Å². The number of hydrogen-bond donors (Lipinski definition) is 2. The molecule has 1 aliphatic rings. The summed E-state index contributed by atoms with van der Waals surface area (Å²) in [4.78, 5) is 8.10. The molecule has 2 rings (SSSR count). The van der Waals surface area contributed by atoms with Crippen molar-refractivity contribution in [1.82, 2.24) is 9.97 Å². The SMILES string of the molecule is Nc1cnc(NCC2CCOC2)nc1. The van der Waals surface area contributed by atoms with Crippen LogP contribution in [0.2, 0.25) is 0 Å². The van der Waals surface area contributed by atoms with Crippen LogP contribution in [0.15, 0.2) is 12.4 Å². The molecule has 1 aliphatic heterocycles. The summed E-state index contributed by atoms with van der Waals surface area (Å²) in [6, 6.07) is 0. The largest absolute Gasteiger partial charge is 0.396 e. The van der Waals surface area contributed by atoms with Crippen molar-refractivity contribution in [2.24, 2.45) is 5.92 Å². The lowest BCUT2D eigenvalue weighted by molar-refractivity contribution is 0.187. The van der Waals surface area contributed by atoms with Crippen LogP contribution in [0.25, 0.3) is 0 Å². The summed E-state index contributed by atoms with van der Waals surface area (Å²) < 4.78 is 5.26. The van der Waals surface area contributed by atoms with E-state index in [-0.39, 0.29) is 0 Å². The van der Waals surface area contributed by atoms with Gasteiger partial charge in [0.2, 0.25) is 5.95 Å². The maximum absolute atomic E-state index is 5.47. The van der Waals surface area contributed by atoms with E-state index in [4.69, 9.17) is 10.5 Å². The predicted molar refractivity (Wildman–Crippen MR) is 53.9 cm³/mol. The van der Waals surface area contributed by atoms with E-state index in [2.05, 4.69) is 15.3 Å². The minimum atomic E-state index is 0.580. The summed E-state index contributed by atoms with van der Waals surface area (Å²) in [6.45, 7) is 2.57. The normalized spacial score (nSPS) is 21.0. The molecule has 0 aliphatic carbocycles. The van der Waals surface area contributed by atoms with E-state index < -0.39 is 0 Å². The molecule has 76 valence electrons. The van der Waals surface area contributed by atoms with Crippen molar-refractivity contribution >= 4 is 11.6 Å². The highest BCUT2D eigenvalue weighted by Gasteiger charge is 2.15. The van der Waals surface area contributed by atoms with Crippen molar-refractivity contribution in [2.75, 3.05) is 30.8 Å². The van der Waals surface area contributed by atoms with Gasteiger partial charge in [-0.25, -0.2) is 9.97 Å². The molecule has 0 bridgehead atoms. The van der Waals surface area contributed by atoms with E-state index in [1.165, 1.54) is 0 Å². The fraction of sp³-hybridized carbons (Fsp3) is 0.556. The molecule has 1 unspecified atom stereocenters. The lowest BCUT2D eigenvalue weighted by atomic mass is 10.1. The van der Waals surface area contributed by atoms with Crippen molar-refractivity contribution in [3.63, 3.8) is 0 Å². The molecule has 1 fully saturated rings. The quantitative estimate of drug-likeness (QED) is 0.733. The van der Waals surface area contributed by atoms with Gasteiger partial charge in [0.25, 0.3) is 0 Å². The van der Waals surface area contributed by atoms with Gasteiger partial charge in [-0.3, -0.25) is 0 Å². The third kappa shape index (κ3) is 2.32. The van der Waals surface area contributed by atoms with Gasteiger partial charge >= 0.3 is 0 Å². The Morgan fingerprint density at radius 3 is 2.93 bits per heavy atom. The Bertz CT molecular complexity index is 281. The second-order valence-corrected chi connectivity index (χ2v) is 3.45. The summed E-state index contributed by atoms with van der Waals surface area (Å²) in [7, 11) is 0. The first-order valence-electron chi connectivity index (χ1n) is 4.74. The first kappa shape index (κ1) is 9.21. The van der Waals surface area contributed by atoms with E-state index in [1.54, 1.807) is 12.4 Å². The third-order valence-corrected chi connectivity index (χ3v) is 2.24. The molecule has 14 heavy (non-hydrogen) atoms. The first-order valence-corrected chi connectivity index (χ1v) is 4.74. The molecule has 5 heteroatoms. The van der Waals surface area contributed by atoms with Gasteiger partial charge in [0.15, 0.2) is 0 Å². The van der Waals surface area contributed by atoms with Crippen LogP contribution in [0.3, 0.4) is 0 Å². The van der Waals surface area contributed by atoms with Crippen molar-refractivity contribution in [3.05, 3.63) is 12.4 Å². The zero-order valence-electron chi connectivity index (χ0n) is 7.94. The topological polar surface area (TPSA) is 73.1 Å². The van der Waals surface area contributed by atoms with Gasteiger partial charge in [0, 0.05) is 19.1 Å². The number of ether oxygens (including phenoxy) is 1. The van der Waals surface area contributed by atoms with Crippen molar-refractivity contribution in [2.45, 2.75) is 6.42 Å². The summed E-state index contributed by atoms with van der Waals surface area (Å²) in [5.74, 6) is 1.21. The number of nitrogens with two attached hydrogens (primary N) is 1. The highest BCUT2D eigenvalue weighted by Crippen LogP contribution is 2.12. The lowest BCUT2D eigenvalue weighted by Gasteiger charge is -2.08. The molecule has 0 saturated carbocycles. The monoisotopic (exact) mass is 194 g/mol. The number of aromatic nitrogens is 2. The molecule has 0 radical (unpaired) electrons. The molecule has 2 heterocycles. The Hall–Kier alpha value is -1.36. The highest BCUT2D eigenvalue weighted by atomic mass is 16.5. The Morgan fingerprint density at radius 1 is 1.50 bits per heavy atom. The zero-order chi connectivity index (χ0) is 9.80. The Labute approximate surface area is 82.7 Å². The minimum Gasteiger partial charge on any atom is -0.396 e. The van der Waals surface area contributed by atoms with Crippen LogP contribution < -0.4 is 11.1 Å². The van der Waals surface area contributed by atoms with E-state index >= 15 is 0 Å². The zero-order valence-corrected chi connectivity index (χ0v) is 7.94. The predicted octanol–water partition coefficient (Wildman–Crippen LogP) is 0.507. The number of rotatable bonds is 3. The maximum Gasteiger partial charge on any atom is 0.222 e. The van der Waals surface area contributed by atoms with Crippen molar-refractivity contribution < 1.29 is 4.74 Å². The van der Waals surface area contributed by atoms with Crippen LogP contribution in [-0.4, -0.2) is 29.7 Å². The molecule has 0 aromatic carbocycles. The molecule has 1 saturated heterocycles. The smallest absolute Gasteiger partial charge is 0.222 e. The van der Waals surface area contributed by atoms with E-state index in [0.717, 1.165) is 26.2 Å². The van der Waals surface area contributed by atoms with Gasteiger partial charge in [-0.15, -0.1) is 0 Å². The van der Waals surface area contributed by atoms with E-state index in [0.29, 0.717) is 17.6 Å². The second-order valence-electron chi connectivity index (χ2n) is 3.45. The van der Waals surface area contributed by atoms with Crippen LogP contribution in [-0.2, 0) is 4.74 Å². The van der Waals surface area contributed by atoms with Gasteiger partial charge < -0.3 is 15.8 Å². The molecular formula is C9H14N4O. The number of nitrogens with one attached hydrogen (secondary N) is 1. The van der Waals surface area contributed by atoms with Crippen LogP contribution in [0.5, 0.6) is 0 Å². The average molecular weight is 194 g/mol. The molecular weight excluding hydrogens is 180 g/mol. The average Bonchev–Trinajstić information content (AvgIpc) is 2.70. The number of nitrogen functional groups attached to an aromatic ring is 1. The van der Waals surface area contributed by atoms with E-state index in [1.807, 2.05) is 0 Å². The van der Waals surface area contributed by atoms with Crippen molar-refractivity contribution in [1.29, 1.82) is 0 Å². The van der Waals surface area contributed by atoms with Gasteiger partial charge in [0.1, 0.15) is 0 Å². The fourth-order valence-corrected chi connectivity index (χ4v) is 1.41. The molecule has 0 spiro atoms. The molecule has 1 aromatic rings. The lowest BCUT2D eigenvalue weighted by Crippen LogP contribution is -2.15. The van der Waals surface area contributed by atoms with Crippen LogP contribution >= 0.6 is 0 Å². The number of nitrogens with zero attached hydrogens (tertiary/aromatic N) is 2. The summed E-state index contributed by atoms with van der Waals surface area (Å²) in [5, 5.41) is 3.16. The van der Waals surface area contributed by atoms with Gasteiger partial charge in [-0.1, -0.05) is 0 Å². The Balaban J connectivity index is 1.82. The van der Waals surface area contributed by atoms with Crippen molar-refractivity contribution in [3.8, 4) is 0 Å². The highest BCUT2D eigenvalue weighted by molar-refractivity contribution is 5.35. The summed E-state index contributed by atoms with van der Waals surface area (Å²) in [5.41, 5.74) is 6.06. The molecule has 1 aromatic heterocycles. The fourth-order valence-electron chi connectivity index (χ4n) is 1.41. The summed E-state index contributed by atoms with van der Waals surface area (Å²) in [6.07, 6.45) is 4.31. The first-order chi connectivity index (χ1) is 6.84. The second kappa shape index (κ2) is 4.23. The van der Waals surface area contributed by atoms with Crippen LogP contribution in [0.4, 0.5) is 11.6 Å². The van der Waals surface area contributed by atoms with Crippen LogP contribution in [0, 0.1) is 5.92 Å². The number of hydrogen-bond acceptors (Lipinski definition) is 5. The van der Waals surface area contributed by atoms with Crippen LogP contribution in [0.1, 0.15) is 6.42 Å². The summed E-state index contributed by atoms with van der Waals surface area (Å²) >= 11 is 0. The Morgan fingerprint density at radius 2 is 2.29 bits per heavy atom. The molecule has 3 N–H and O–H groups in total. The molecule has 5 nitrogen and oxygen atoms in total. The Kier molecular flexibility index (Phi) is 2.78. The molecule has 0 amide bonds. The number of anilines is 2. The molecule has 1 atom stereocenters. The van der Waals surface area contributed by atoms with Gasteiger partial charge in [-0.05, 0) is 6.42 Å². The minimum absolute atomic E-state index is 0.580.